The number of aliphatic hydroxyl groups is 1. The van der Waals surface area contributed by atoms with Crippen molar-refractivity contribution in [1.29, 1.82) is 0 Å². The van der Waals surface area contributed by atoms with Gasteiger partial charge in [-0.05, 0) is 42.0 Å². The molecule has 0 amide bonds. The van der Waals surface area contributed by atoms with Crippen molar-refractivity contribution in [3.8, 4) is 5.75 Å². The molecule has 1 saturated carbocycles. The van der Waals surface area contributed by atoms with Crippen LogP contribution in [0.4, 0.5) is 0 Å². The molecule has 21 heavy (non-hydrogen) atoms. The number of methoxy groups -OCH3 is 1. The summed E-state index contributed by atoms with van der Waals surface area (Å²) in [6, 6.07) is 12.6. The molecule has 2 aromatic rings. The van der Waals surface area contributed by atoms with Crippen LogP contribution in [0.15, 0.2) is 41.8 Å². The van der Waals surface area contributed by atoms with E-state index in [0.29, 0.717) is 12.6 Å². The number of thiophene rings is 1. The fourth-order valence-corrected chi connectivity index (χ4v) is 3.29. The Morgan fingerprint density at radius 2 is 2.19 bits per heavy atom. The SMILES string of the molecule is COc1cccc(C(O)CN(Cc2cccs2)C2CC2)c1. The van der Waals surface area contributed by atoms with Crippen LogP contribution in [-0.4, -0.2) is 29.7 Å². The van der Waals surface area contributed by atoms with Crippen molar-refractivity contribution in [2.75, 3.05) is 13.7 Å². The summed E-state index contributed by atoms with van der Waals surface area (Å²) >= 11 is 1.78. The van der Waals surface area contributed by atoms with Crippen molar-refractivity contribution < 1.29 is 9.84 Å². The Morgan fingerprint density at radius 3 is 2.86 bits per heavy atom. The van der Waals surface area contributed by atoms with E-state index < -0.39 is 6.10 Å². The van der Waals surface area contributed by atoms with E-state index in [1.54, 1.807) is 18.4 Å². The molecule has 0 bridgehead atoms. The van der Waals surface area contributed by atoms with Crippen molar-refractivity contribution in [2.24, 2.45) is 0 Å². The minimum atomic E-state index is -0.472. The van der Waals surface area contributed by atoms with Gasteiger partial charge in [0.25, 0.3) is 0 Å². The standard InChI is InChI=1S/C17H21NO2S/c1-20-15-5-2-4-13(10-15)17(19)12-18(14-7-8-14)11-16-6-3-9-21-16/h2-6,9-10,14,17,19H,7-8,11-12H2,1H3. The maximum atomic E-state index is 10.5. The number of ether oxygens (including phenoxy) is 1. The molecule has 1 aromatic heterocycles. The largest absolute Gasteiger partial charge is 0.497 e. The third-order valence-corrected chi connectivity index (χ3v) is 4.75. The van der Waals surface area contributed by atoms with Crippen LogP contribution in [-0.2, 0) is 6.54 Å². The molecule has 0 radical (unpaired) electrons. The molecule has 0 saturated heterocycles. The zero-order chi connectivity index (χ0) is 14.7. The van der Waals surface area contributed by atoms with Crippen LogP contribution in [0.3, 0.4) is 0 Å². The normalized spacial score (nSPS) is 16.1. The molecule has 1 heterocycles. The third kappa shape index (κ3) is 3.84. The molecule has 4 heteroatoms. The van der Waals surface area contributed by atoms with Crippen LogP contribution in [0.5, 0.6) is 5.75 Å². The van der Waals surface area contributed by atoms with Gasteiger partial charge in [-0.15, -0.1) is 11.3 Å². The minimum Gasteiger partial charge on any atom is -0.497 e. The summed E-state index contributed by atoms with van der Waals surface area (Å²) in [5, 5.41) is 12.6. The summed E-state index contributed by atoms with van der Waals surface area (Å²) in [4.78, 5) is 3.76. The van der Waals surface area contributed by atoms with Crippen molar-refractivity contribution in [1.82, 2.24) is 4.90 Å². The highest BCUT2D eigenvalue weighted by Crippen LogP contribution is 2.31. The summed E-state index contributed by atoms with van der Waals surface area (Å²) in [7, 11) is 1.65. The summed E-state index contributed by atoms with van der Waals surface area (Å²) in [5.41, 5.74) is 0.922. The second-order valence-electron chi connectivity index (χ2n) is 5.53. The predicted molar refractivity (Wildman–Crippen MR) is 85.7 cm³/mol. The molecule has 0 spiro atoms. The van der Waals surface area contributed by atoms with Crippen molar-refractivity contribution >= 4 is 11.3 Å². The molecular formula is C17H21NO2S. The molecular weight excluding hydrogens is 282 g/mol. The van der Waals surface area contributed by atoms with E-state index in [1.807, 2.05) is 24.3 Å². The smallest absolute Gasteiger partial charge is 0.119 e. The first-order valence-corrected chi connectivity index (χ1v) is 8.22. The first-order chi connectivity index (χ1) is 10.3. The lowest BCUT2D eigenvalue weighted by atomic mass is 10.1. The quantitative estimate of drug-likeness (QED) is 0.850. The second-order valence-corrected chi connectivity index (χ2v) is 6.56. The lowest BCUT2D eigenvalue weighted by Gasteiger charge is -2.24. The maximum Gasteiger partial charge on any atom is 0.119 e. The Hall–Kier alpha value is -1.36. The predicted octanol–water partition coefficient (Wildman–Crippen LogP) is 3.45. The number of aliphatic hydroxyl groups excluding tert-OH is 1. The Balaban J connectivity index is 1.67. The van der Waals surface area contributed by atoms with Gasteiger partial charge in [-0.3, -0.25) is 4.90 Å². The van der Waals surface area contributed by atoms with Crippen LogP contribution in [0, 0.1) is 0 Å². The van der Waals surface area contributed by atoms with E-state index in [9.17, 15) is 5.11 Å². The molecule has 1 unspecified atom stereocenters. The van der Waals surface area contributed by atoms with Gasteiger partial charge in [-0.2, -0.15) is 0 Å². The average Bonchev–Trinajstić information content (AvgIpc) is 3.24. The van der Waals surface area contributed by atoms with Crippen LogP contribution < -0.4 is 4.74 Å². The fraction of sp³-hybridized carbons (Fsp3) is 0.412. The molecule has 1 atom stereocenters. The second kappa shape index (κ2) is 6.60. The Kier molecular flexibility index (Phi) is 4.58. The van der Waals surface area contributed by atoms with Gasteiger partial charge in [0.05, 0.1) is 13.2 Å². The molecule has 3 nitrogen and oxygen atoms in total. The van der Waals surface area contributed by atoms with Gasteiger partial charge in [0.2, 0.25) is 0 Å². The lowest BCUT2D eigenvalue weighted by molar-refractivity contribution is 0.105. The first-order valence-electron chi connectivity index (χ1n) is 7.34. The number of hydrogen-bond donors (Lipinski definition) is 1. The molecule has 1 aromatic carbocycles. The van der Waals surface area contributed by atoms with E-state index in [0.717, 1.165) is 17.9 Å². The van der Waals surface area contributed by atoms with E-state index in [-0.39, 0.29) is 0 Å². The van der Waals surface area contributed by atoms with E-state index in [2.05, 4.69) is 22.4 Å². The lowest BCUT2D eigenvalue weighted by Crippen LogP contribution is -2.30. The average molecular weight is 303 g/mol. The van der Waals surface area contributed by atoms with E-state index >= 15 is 0 Å². The summed E-state index contributed by atoms with van der Waals surface area (Å²) < 4.78 is 5.23. The fourth-order valence-electron chi connectivity index (χ4n) is 2.56. The Morgan fingerprint density at radius 1 is 1.33 bits per heavy atom. The van der Waals surface area contributed by atoms with E-state index in [1.165, 1.54) is 17.7 Å². The van der Waals surface area contributed by atoms with Crippen molar-refractivity contribution in [3.63, 3.8) is 0 Å². The minimum absolute atomic E-state index is 0.472. The summed E-state index contributed by atoms with van der Waals surface area (Å²) in [6.07, 6.45) is 2.02. The van der Waals surface area contributed by atoms with Gasteiger partial charge in [0.1, 0.15) is 5.75 Å². The number of nitrogens with zero attached hydrogens (tertiary/aromatic N) is 1. The highest BCUT2D eigenvalue weighted by molar-refractivity contribution is 7.09. The van der Waals surface area contributed by atoms with Gasteiger partial charge in [-0.25, -0.2) is 0 Å². The van der Waals surface area contributed by atoms with Crippen LogP contribution >= 0.6 is 11.3 Å². The molecule has 1 N–H and O–H groups in total. The number of hydrogen-bond acceptors (Lipinski definition) is 4. The van der Waals surface area contributed by atoms with Crippen LogP contribution in [0.25, 0.3) is 0 Å². The Bertz CT molecular complexity index is 566. The summed E-state index contributed by atoms with van der Waals surface area (Å²) in [5.74, 6) is 0.794. The van der Waals surface area contributed by atoms with Crippen molar-refractivity contribution in [3.05, 3.63) is 52.2 Å². The zero-order valence-electron chi connectivity index (χ0n) is 12.2. The first kappa shape index (κ1) is 14.6. The number of benzene rings is 1. The summed E-state index contributed by atoms with van der Waals surface area (Å²) in [6.45, 7) is 1.61. The van der Waals surface area contributed by atoms with Crippen LogP contribution in [0.1, 0.15) is 29.4 Å². The highest BCUT2D eigenvalue weighted by atomic mass is 32.1. The molecule has 1 aliphatic rings. The van der Waals surface area contributed by atoms with Gasteiger partial charge in [0.15, 0.2) is 0 Å². The molecule has 1 fully saturated rings. The van der Waals surface area contributed by atoms with Crippen molar-refractivity contribution in [2.45, 2.75) is 31.5 Å². The monoisotopic (exact) mass is 303 g/mol. The van der Waals surface area contributed by atoms with E-state index in [4.69, 9.17) is 4.74 Å². The molecule has 112 valence electrons. The highest BCUT2D eigenvalue weighted by Gasteiger charge is 2.30. The van der Waals surface area contributed by atoms with Gasteiger partial charge in [0, 0.05) is 24.0 Å². The zero-order valence-corrected chi connectivity index (χ0v) is 13.1. The van der Waals surface area contributed by atoms with Crippen LogP contribution in [0.2, 0.25) is 0 Å². The topological polar surface area (TPSA) is 32.7 Å². The third-order valence-electron chi connectivity index (χ3n) is 3.89. The van der Waals surface area contributed by atoms with Gasteiger partial charge < -0.3 is 9.84 Å². The maximum absolute atomic E-state index is 10.5. The molecule has 3 rings (SSSR count). The Labute approximate surface area is 129 Å². The van der Waals surface area contributed by atoms with Gasteiger partial charge in [-0.1, -0.05) is 18.2 Å². The molecule has 0 aliphatic heterocycles. The number of rotatable bonds is 7. The molecule has 1 aliphatic carbocycles. The van der Waals surface area contributed by atoms with Gasteiger partial charge >= 0.3 is 0 Å².